The van der Waals surface area contributed by atoms with Gasteiger partial charge in [-0.2, -0.15) is 0 Å². The molecule has 0 amide bonds. The monoisotopic (exact) mass is 276 g/mol. The van der Waals surface area contributed by atoms with Gasteiger partial charge >= 0.3 is 0 Å². The van der Waals surface area contributed by atoms with E-state index >= 15 is 0 Å². The van der Waals surface area contributed by atoms with Crippen molar-refractivity contribution in [2.75, 3.05) is 18.0 Å². The SMILES string of the molecule is CC1CNCC2Cc3ccc(Cl)c(F)c3N12.Cl. The number of fused-ring (bicyclic) bond motifs is 3. The lowest BCUT2D eigenvalue weighted by Crippen LogP contribution is -2.55. The highest BCUT2D eigenvalue weighted by Gasteiger charge is 2.37. The molecule has 94 valence electrons. The van der Waals surface area contributed by atoms with Crippen LogP contribution in [0.2, 0.25) is 5.02 Å². The van der Waals surface area contributed by atoms with Crippen LogP contribution in [0.15, 0.2) is 12.1 Å². The molecule has 0 aromatic heterocycles. The Morgan fingerprint density at radius 2 is 2.18 bits per heavy atom. The molecule has 0 bridgehead atoms. The molecule has 1 aromatic rings. The number of nitrogens with one attached hydrogen (secondary N) is 1. The number of nitrogens with zero attached hydrogens (tertiary/aromatic N) is 1. The summed E-state index contributed by atoms with van der Waals surface area (Å²) < 4.78 is 14.1. The van der Waals surface area contributed by atoms with E-state index in [9.17, 15) is 4.39 Å². The second kappa shape index (κ2) is 4.63. The fourth-order valence-electron chi connectivity index (χ4n) is 2.87. The van der Waals surface area contributed by atoms with Crippen LogP contribution in [0.3, 0.4) is 0 Å². The van der Waals surface area contributed by atoms with Crippen molar-refractivity contribution in [1.29, 1.82) is 0 Å². The lowest BCUT2D eigenvalue weighted by atomic mass is 10.1. The first-order valence-corrected chi connectivity index (χ1v) is 6.02. The molecular formula is C12H15Cl2FN2. The molecule has 5 heteroatoms. The smallest absolute Gasteiger partial charge is 0.165 e. The van der Waals surface area contributed by atoms with Gasteiger partial charge in [0.25, 0.3) is 0 Å². The maximum atomic E-state index is 14.1. The lowest BCUT2D eigenvalue weighted by Gasteiger charge is -2.38. The minimum Gasteiger partial charge on any atom is -0.360 e. The van der Waals surface area contributed by atoms with Crippen LogP contribution < -0.4 is 10.2 Å². The molecule has 1 fully saturated rings. The Balaban J connectivity index is 0.00000108. The molecular weight excluding hydrogens is 262 g/mol. The van der Waals surface area contributed by atoms with E-state index < -0.39 is 0 Å². The molecule has 2 nitrogen and oxygen atoms in total. The summed E-state index contributed by atoms with van der Waals surface area (Å²) in [5.41, 5.74) is 1.81. The van der Waals surface area contributed by atoms with Gasteiger partial charge in [0.1, 0.15) is 0 Å². The summed E-state index contributed by atoms with van der Waals surface area (Å²) in [6.45, 7) is 3.95. The van der Waals surface area contributed by atoms with Gasteiger partial charge in [-0.25, -0.2) is 4.39 Å². The minimum atomic E-state index is -0.254. The van der Waals surface area contributed by atoms with Crippen molar-refractivity contribution in [3.05, 3.63) is 28.5 Å². The zero-order valence-corrected chi connectivity index (χ0v) is 11.1. The summed E-state index contributed by atoms with van der Waals surface area (Å²) in [6, 6.07) is 4.32. The van der Waals surface area contributed by atoms with Crippen LogP contribution in [0.1, 0.15) is 12.5 Å². The van der Waals surface area contributed by atoms with Gasteiger partial charge in [-0.1, -0.05) is 17.7 Å². The summed E-state index contributed by atoms with van der Waals surface area (Å²) in [6.07, 6.45) is 0.917. The van der Waals surface area contributed by atoms with E-state index in [1.165, 1.54) is 0 Å². The van der Waals surface area contributed by atoms with E-state index in [1.54, 1.807) is 6.07 Å². The van der Waals surface area contributed by atoms with Crippen molar-refractivity contribution in [2.24, 2.45) is 0 Å². The third-order valence-corrected chi connectivity index (χ3v) is 3.85. The summed E-state index contributed by atoms with van der Waals surface area (Å²) in [4.78, 5) is 2.19. The number of rotatable bonds is 0. The molecule has 0 spiro atoms. The topological polar surface area (TPSA) is 15.3 Å². The molecule has 2 aliphatic rings. The lowest BCUT2D eigenvalue weighted by molar-refractivity contribution is 0.426. The number of anilines is 1. The Hall–Kier alpha value is -0.510. The van der Waals surface area contributed by atoms with Crippen molar-refractivity contribution in [1.82, 2.24) is 5.32 Å². The van der Waals surface area contributed by atoms with Crippen molar-refractivity contribution in [2.45, 2.75) is 25.4 Å². The van der Waals surface area contributed by atoms with E-state index in [4.69, 9.17) is 11.6 Å². The summed E-state index contributed by atoms with van der Waals surface area (Å²) >= 11 is 5.85. The number of hydrogen-bond acceptors (Lipinski definition) is 2. The Kier molecular flexibility index (Phi) is 3.53. The average molecular weight is 277 g/mol. The molecule has 2 heterocycles. The quantitative estimate of drug-likeness (QED) is 0.784. The van der Waals surface area contributed by atoms with Crippen LogP contribution >= 0.6 is 24.0 Å². The third kappa shape index (κ3) is 1.90. The largest absolute Gasteiger partial charge is 0.360 e. The first kappa shape index (κ1) is 12.9. The highest BCUT2D eigenvalue weighted by atomic mass is 35.5. The summed E-state index contributed by atoms with van der Waals surface area (Å²) in [5.74, 6) is -0.254. The van der Waals surface area contributed by atoms with E-state index in [0.717, 1.165) is 30.8 Å². The molecule has 2 atom stereocenters. The van der Waals surface area contributed by atoms with E-state index in [2.05, 4.69) is 17.1 Å². The van der Waals surface area contributed by atoms with Crippen molar-refractivity contribution in [3.63, 3.8) is 0 Å². The predicted molar refractivity (Wildman–Crippen MR) is 71.0 cm³/mol. The first-order valence-electron chi connectivity index (χ1n) is 5.64. The van der Waals surface area contributed by atoms with Gasteiger partial charge < -0.3 is 10.2 Å². The fraction of sp³-hybridized carbons (Fsp3) is 0.500. The standard InChI is InChI=1S/C12H14ClFN2.ClH/c1-7-5-15-6-9-4-8-2-3-10(13)11(14)12(8)16(7)9;/h2-3,7,9,15H,4-6H2,1H3;1H. The summed E-state index contributed by atoms with van der Waals surface area (Å²) in [5, 5.41) is 3.60. The van der Waals surface area contributed by atoms with Gasteiger partial charge in [-0.05, 0) is 25.0 Å². The highest BCUT2D eigenvalue weighted by Crippen LogP contribution is 2.39. The van der Waals surface area contributed by atoms with Crippen molar-refractivity contribution >= 4 is 29.7 Å². The summed E-state index contributed by atoms with van der Waals surface area (Å²) in [7, 11) is 0. The van der Waals surface area contributed by atoms with Gasteiger partial charge in [-0.3, -0.25) is 0 Å². The second-order valence-electron chi connectivity index (χ2n) is 4.64. The Morgan fingerprint density at radius 1 is 1.41 bits per heavy atom. The number of benzene rings is 1. The number of piperazine rings is 1. The van der Waals surface area contributed by atoms with Crippen molar-refractivity contribution in [3.8, 4) is 0 Å². The van der Waals surface area contributed by atoms with Crippen molar-refractivity contribution < 1.29 is 4.39 Å². The number of hydrogen-bond donors (Lipinski definition) is 1. The van der Waals surface area contributed by atoms with E-state index in [-0.39, 0.29) is 23.2 Å². The Morgan fingerprint density at radius 3 is 2.94 bits per heavy atom. The van der Waals surface area contributed by atoms with Gasteiger partial charge in [-0.15, -0.1) is 12.4 Å². The molecule has 2 aliphatic heterocycles. The molecule has 0 aliphatic carbocycles. The Labute approximate surface area is 112 Å². The van der Waals surface area contributed by atoms with Gasteiger partial charge in [0.15, 0.2) is 5.82 Å². The molecule has 3 rings (SSSR count). The Bertz CT molecular complexity index is 439. The van der Waals surface area contributed by atoms with E-state index in [1.807, 2.05) is 6.07 Å². The fourth-order valence-corrected chi connectivity index (χ4v) is 3.02. The number of halogens is 3. The van der Waals surface area contributed by atoms with Crippen LogP contribution in [-0.4, -0.2) is 25.2 Å². The normalized spacial score (nSPS) is 26.2. The predicted octanol–water partition coefficient (Wildman–Crippen LogP) is 2.62. The van der Waals surface area contributed by atoms with Crippen LogP contribution in [0.4, 0.5) is 10.1 Å². The van der Waals surface area contributed by atoms with Crippen LogP contribution in [0, 0.1) is 5.82 Å². The van der Waals surface area contributed by atoms with Crippen LogP contribution in [0.5, 0.6) is 0 Å². The molecule has 0 radical (unpaired) electrons. The molecule has 1 aromatic carbocycles. The average Bonchev–Trinajstić information content (AvgIpc) is 2.64. The van der Waals surface area contributed by atoms with E-state index in [0.29, 0.717) is 12.1 Å². The maximum absolute atomic E-state index is 14.1. The highest BCUT2D eigenvalue weighted by molar-refractivity contribution is 6.31. The van der Waals surface area contributed by atoms with Gasteiger partial charge in [0.2, 0.25) is 0 Å². The minimum absolute atomic E-state index is 0. The first-order chi connectivity index (χ1) is 7.68. The molecule has 1 saturated heterocycles. The van der Waals surface area contributed by atoms with Crippen LogP contribution in [-0.2, 0) is 6.42 Å². The van der Waals surface area contributed by atoms with Gasteiger partial charge in [0.05, 0.1) is 10.7 Å². The maximum Gasteiger partial charge on any atom is 0.165 e. The van der Waals surface area contributed by atoms with Crippen LogP contribution in [0.25, 0.3) is 0 Å². The zero-order valence-electron chi connectivity index (χ0n) is 9.54. The second-order valence-corrected chi connectivity index (χ2v) is 5.05. The molecule has 0 saturated carbocycles. The molecule has 1 N–H and O–H groups in total. The molecule has 2 unspecified atom stereocenters. The van der Waals surface area contributed by atoms with Gasteiger partial charge in [0, 0.05) is 25.2 Å². The zero-order chi connectivity index (χ0) is 11.3. The molecule has 17 heavy (non-hydrogen) atoms. The third-order valence-electron chi connectivity index (χ3n) is 3.55.